The maximum absolute atomic E-state index is 12.0. The van der Waals surface area contributed by atoms with Crippen LogP contribution in [0, 0.1) is 5.92 Å². The van der Waals surface area contributed by atoms with Crippen LogP contribution in [0.3, 0.4) is 0 Å². The van der Waals surface area contributed by atoms with Crippen LogP contribution < -0.4 is 15.4 Å². The van der Waals surface area contributed by atoms with Crippen molar-refractivity contribution in [2.75, 3.05) is 13.1 Å². The van der Waals surface area contributed by atoms with Crippen molar-refractivity contribution < 1.29 is 19.1 Å². The normalized spacial score (nSPS) is 10.3. The van der Waals surface area contributed by atoms with Crippen LogP contribution >= 0.6 is 0 Å². The first-order valence-corrected chi connectivity index (χ1v) is 7.72. The molecule has 2 N–H and O–H groups in total. The molecule has 126 valence electrons. The third kappa shape index (κ3) is 7.99. The average molecular weight is 320 g/mol. The molecule has 0 spiro atoms. The van der Waals surface area contributed by atoms with E-state index in [1.165, 1.54) is 13.0 Å². The molecule has 0 atom stereocenters. The van der Waals surface area contributed by atoms with Gasteiger partial charge in [0.15, 0.2) is 0 Å². The summed E-state index contributed by atoms with van der Waals surface area (Å²) in [5.74, 6) is 0.0258. The Morgan fingerprint density at radius 2 is 1.83 bits per heavy atom. The van der Waals surface area contributed by atoms with Gasteiger partial charge in [0, 0.05) is 32.0 Å². The Labute approximate surface area is 136 Å². The van der Waals surface area contributed by atoms with Crippen molar-refractivity contribution in [3.63, 3.8) is 0 Å². The lowest BCUT2D eigenvalue weighted by Crippen LogP contribution is -2.30. The maximum Gasteiger partial charge on any atom is 0.308 e. The van der Waals surface area contributed by atoms with E-state index in [0.717, 1.165) is 0 Å². The summed E-state index contributed by atoms with van der Waals surface area (Å²) >= 11 is 0. The summed E-state index contributed by atoms with van der Waals surface area (Å²) in [7, 11) is 0. The highest BCUT2D eigenvalue weighted by Gasteiger charge is 2.08. The topological polar surface area (TPSA) is 84.5 Å². The van der Waals surface area contributed by atoms with Gasteiger partial charge in [-0.3, -0.25) is 14.4 Å². The summed E-state index contributed by atoms with van der Waals surface area (Å²) in [6.45, 7) is 6.27. The number of benzene rings is 1. The van der Waals surface area contributed by atoms with Crippen molar-refractivity contribution >= 4 is 17.8 Å². The average Bonchev–Trinajstić information content (AvgIpc) is 2.45. The minimum absolute atomic E-state index is 0.0282. The van der Waals surface area contributed by atoms with Crippen molar-refractivity contribution in [3.05, 3.63) is 29.8 Å². The number of carbonyl (C=O) groups is 3. The van der Waals surface area contributed by atoms with E-state index in [4.69, 9.17) is 4.74 Å². The van der Waals surface area contributed by atoms with E-state index in [2.05, 4.69) is 10.6 Å². The summed E-state index contributed by atoms with van der Waals surface area (Å²) in [6, 6.07) is 6.43. The van der Waals surface area contributed by atoms with E-state index < -0.39 is 5.97 Å². The summed E-state index contributed by atoms with van der Waals surface area (Å²) in [4.78, 5) is 34.3. The molecule has 0 heterocycles. The second-order valence-corrected chi connectivity index (χ2v) is 5.68. The van der Waals surface area contributed by atoms with E-state index in [0.29, 0.717) is 43.2 Å². The second-order valence-electron chi connectivity index (χ2n) is 5.68. The molecule has 0 bridgehead atoms. The Bertz CT molecular complexity index is 555. The van der Waals surface area contributed by atoms with Gasteiger partial charge in [0.05, 0.1) is 0 Å². The number of hydrogen-bond donors (Lipinski definition) is 2. The molecule has 0 saturated heterocycles. The Balaban J connectivity index is 2.31. The zero-order valence-electron chi connectivity index (χ0n) is 13.8. The number of carbonyl (C=O) groups excluding carboxylic acids is 3. The lowest BCUT2D eigenvalue weighted by Gasteiger charge is -2.09. The van der Waals surface area contributed by atoms with Crippen LogP contribution in [-0.2, 0) is 9.59 Å². The molecule has 1 aromatic carbocycles. The zero-order chi connectivity index (χ0) is 17.2. The number of rotatable bonds is 8. The van der Waals surface area contributed by atoms with Gasteiger partial charge in [0.2, 0.25) is 5.91 Å². The fourth-order valence-corrected chi connectivity index (χ4v) is 1.93. The Morgan fingerprint density at radius 3 is 2.48 bits per heavy atom. The van der Waals surface area contributed by atoms with Crippen molar-refractivity contribution in [2.24, 2.45) is 5.92 Å². The lowest BCUT2D eigenvalue weighted by atomic mass is 10.1. The Kier molecular flexibility index (Phi) is 7.80. The molecule has 0 fully saturated rings. The summed E-state index contributed by atoms with van der Waals surface area (Å²) in [5, 5.41) is 5.57. The van der Waals surface area contributed by atoms with E-state index in [1.807, 2.05) is 13.8 Å². The molecule has 2 amide bonds. The molecule has 0 aliphatic heterocycles. The Morgan fingerprint density at radius 1 is 1.13 bits per heavy atom. The minimum Gasteiger partial charge on any atom is -0.427 e. The van der Waals surface area contributed by atoms with Crippen molar-refractivity contribution in [2.45, 2.75) is 33.6 Å². The molecule has 0 unspecified atom stereocenters. The number of ether oxygens (including phenoxy) is 1. The third-order valence-electron chi connectivity index (χ3n) is 2.91. The van der Waals surface area contributed by atoms with Gasteiger partial charge in [-0.15, -0.1) is 0 Å². The quantitative estimate of drug-likeness (QED) is 0.435. The first-order valence-electron chi connectivity index (χ1n) is 7.72. The fraction of sp³-hybridized carbons (Fsp3) is 0.471. The standard InChI is InChI=1S/C17H24N2O4/c1-12(2)10-16(21)18-8-5-9-19-17(22)14-6-4-7-15(11-14)23-13(3)20/h4,6-7,11-12H,5,8-10H2,1-3H3,(H,18,21)(H,19,22). The molecule has 0 aliphatic rings. The number of esters is 1. The predicted molar refractivity (Wildman–Crippen MR) is 87.2 cm³/mol. The van der Waals surface area contributed by atoms with Gasteiger partial charge >= 0.3 is 5.97 Å². The van der Waals surface area contributed by atoms with Crippen molar-refractivity contribution in [1.29, 1.82) is 0 Å². The molecule has 0 aliphatic carbocycles. The van der Waals surface area contributed by atoms with Crippen molar-refractivity contribution in [3.8, 4) is 5.75 Å². The van der Waals surface area contributed by atoms with Crippen LogP contribution in [0.4, 0.5) is 0 Å². The van der Waals surface area contributed by atoms with Gasteiger partial charge in [-0.2, -0.15) is 0 Å². The van der Waals surface area contributed by atoms with Crippen LogP contribution in [0.1, 0.15) is 44.0 Å². The molecule has 1 aromatic rings. The number of amides is 2. The first-order chi connectivity index (χ1) is 10.9. The summed E-state index contributed by atoms with van der Waals surface area (Å²) in [5.41, 5.74) is 0.424. The van der Waals surface area contributed by atoms with Gasteiger partial charge in [-0.1, -0.05) is 19.9 Å². The molecule has 23 heavy (non-hydrogen) atoms. The van der Waals surface area contributed by atoms with Crippen LogP contribution in [0.25, 0.3) is 0 Å². The molecule has 0 aromatic heterocycles. The van der Waals surface area contributed by atoms with Gasteiger partial charge in [0.1, 0.15) is 5.75 Å². The van der Waals surface area contributed by atoms with Gasteiger partial charge in [-0.05, 0) is 30.5 Å². The van der Waals surface area contributed by atoms with E-state index in [1.54, 1.807) is 18.2 Å². The second kappa shape index (κ2) is 9.61. The molecule has 0 radical (unpaired) electrons. The molecule has 1 rings (SSSR count). The minimum atomic E-state index is -0.431. The van der Waals surface area contributed by atoms with Gasteiger partial charge in [0.25, 0.3) is 5.91 Å². The summed E-state index contributed by atoms with van der Waals surface area (Å²) in [6.07, 6.45) is 1.16. The highest BCUT2D eigenvalue weighted by atomic mass is 16.5. The first kappa shape index (κ1) is 18.7. The van der Waals surface area contributed by atoms with E-state index in [9.17, 15) is 14.4 Å². The van der Waals surface area contributed by atoms with E-state index in [-0.39, 0.29) is 11.8 Å². The van der Waals surface area contributed by atoms with Crippen LogP contribution in [0.2, 0.25) is 0 Å². The maximum atomic E-state index is 12.0. The van der Waals surface area contributed by atoms with Gasteiger partial charge in [-0.25, -0.2) is 0 Å². The number of hydrogen-bond acceptors (Lipinski definition) is 4. The van der Waals surface area contributed by atoms with Crippen molar-refractivity contribution in [1.82, 2.24) is 10.6 Å². The zero-order valence-corrected chi connectivity index (χ0v) is 13.8. The molecular weight excluding hydrogens is 296 g/mol. The highest BCUT2D eigenvalue weighted by molar-refractivity contribution is 5.94. The molecule has 0 saturated carbocycles. The highest BCUT2D eigenvalue weighted by Crippen LogP contribution is 2.13. The monoisotopic (exact) mass is 320 g/mol. The predicted octanol–water partition coefficient (Wildman–Crippen LogP) is 1.89. The number of nitrogens with one attached hydrogen (secondary N) is 2. The van der Waals surface area contributed by atoms with Crippen LogP contribution in [-0.4, -0.2) is 30.9 Å². The lowest BCUT2D eigenvalue weighted by molar-refractivity contribution is -0.131. The smallest absolute Gasteiger partial charge is 0.308 e. The largest absolute Gasteiger partial charge is 0.427 e. The van der Waals surface area contributed by atoms with E-state index >= 15 is 0 Å². The summed E-state index contributed by atoms with van der Waals surface area (Å²) < 4.78 is 4.94. The van der Waals surface area contributed by atoms with Gasteiger partial charge < -0.3 is 15.4 Å². The van der Waals surface area contributed by atoms with Crippen LogP contribution in [0.15, 0.2) is 24.3 Å². The fourth-order valence-electron chi connectivity index (χ4n) is 1.93. The molecule has 6 heteroatoms. The third-order valence-corrected chi connectivity index (χ3v) is 2.91. The molecular formula is C17H24N2O4. The molecule has 6 nitrogen and oxygen atoms in total. The SMILES string of the molecule is CC(=O)Oc1cccc(C(=O)NCCCNC(=O)CC(C)C)c1. The van der Waals surface area contributed by atoms with Crippen LogP contribution in [0.5, 0.6) is 5.75 Å². The Hall–Kier alpha value is -2.37.